The summed E-state index contributed by atoms with van der Waals surface area (Å²) in [5, 5.41) is 0. The van der Waals surface area contributed by atoms with Crippen molar-refractivity contribution < 1.29 is 8.42 Å². The molecule has 0 aliphatic rings. The van der Waals surface area contributed by atoms with Gasteiger partial charge in [0.1, 0.15) is 4.66 Å². The van der Waals surface area contributed by atoms with Crippen LogP contribution in [0.5, 0.6) is 0 Å². The number of sulfone groups is 1. The van der Waals surface area contributed by atoms with E-state index in [1.807, 2.05) is 0 Å². The zero-order chi connectivity index (χ0) is 9.61. The van der Waals surface area contributed by atoms with Gasteiger partial charge in [-0.1, -0.05) is 37.9 Å². The van der Waals surface area contributed by atoms with Crippen molar-refractivity contribution in [2.45, 2.75) is 17.7 Å². The van der Waals surface area contributed by atoms with Gasteiger partial charge in [-0.15, -0.1) is 6.58 Å². The standard InChI is InChI=1S/C7H12Br2O2S/c1-2-3-4-7(9)5-12(10,11)6-8/h2,7H,1,3-6H2. The molecule has 0 aliphatic heterocycles. The van der Waals surface area contributed by atoms with E-state index in [4.69, 9.17) is 0 Å². The highest BCUT2D eigenvalue weighted by molar-refractivity contribution is 9.11. The minimum absolute atomic E-state index is 0.0379. The van der Waals surface area contributed by atoms with Gasteiger partial charge < -0.3 is 0 Å². The Morgan fingerprint density at radius 1 is 1.50 bits per heavy atom. The fourth-order valence-corrected chi connectivity index (χ4v) is 3.54. The minimum atomic E-state index is -2.91. The summed E-state index contributed by atoms with van der Waals surface area (Å²) in [7, 11) is -2.91. The first-order valence-electron chi connectivity index (χ1n) is 3.53. The Labute approximate surface area is 90.6 Å². The normalized spacial score (nSPS) is 14.2. The van der Waals surface area contributed by atoms with Crippen LogP contribution in [0.4, 0.5) is 0 Å². The molecule has 12 heavy (non-hydrogen) atoms. The lowest BCUT2D eigenvalue weighted by molar-refractivity contribution is 0.598. The third-order valence-electron chi connectivity index (χ3n) is 1.29. The van der Waals surface area contributed by atoms with E-state index in [-0.39, 0.29) is 15.2 Å². The highest BCUT2D eigenvalue weighted by Crippen LogP contribution is 2.12. The molecule has 1 atom stereocenters. The van der Waals surface area contributed by atoms with Gasteiger partial charge in [0.15, 0.2) is 9.84 Å². The number of hydrogen-bond donors (Lipinski definition) is 0. The predicted molar refractivity (Wildman–Crippen MR) is 59.7 cm³/mol. The van der Waals surface area contributed by atoms with E-state index in [1.165, 1.54) is 0 Å². The van der Waals surface area contributed by atoms with Crippen molar-refractivity contribution in [3.05, 3.63) is 12.7 Å². The monoisotopic (exact) mass is 318 g/mol. The lowest BCUT2D eigenvalue weighted by Crippen LogP contribution is -2.16. The second-order valence-electron chi connectivity index (χ2n) is 2.48. The molecular formula is C7H12Br2O2S. The fourth-order valence-electron chi connectivity index (χ4n) is 0.702. The van der Waals surface area contributed by atoms with E-state index < -0.39 is 9.84 Å². The zero-order valence-electron chi connectivity index (χ0n) is 6.67. The van der Waals surface area contributed by atoms with Gasteiger partial charge in [-0.05, 0) is 12.8 Å². The van der Waals surface area contributed by atoms with Crippen molar-refractivity contribution >= 4 is 41.7 Å². The lowest BCUT2D eigenvalue weighted by atomic mass is 10.2. The topological polar surface area (TPSA) is 34.1 Å². The summed E-state index contributed by atoms with van der Waals surface area (Å²) in [5.41, 5.74) is 0. The van der Waals surface area contributed by atoms with Gasteiger partial charge in [-0.3, -0.25) is 0 Å². The first kappa shape index (κ1) is 12.7. The van der Waals surface area contributed by atoms with Crippen molar-refractivity contribution in [3.8, 4) is 0 Å². The van der Waals surface area contributed by atoms with Crippen LogP contribution in [0.3, 0.4) is 0 Å². The molecule has 1 unspecified atom stereocenters. The van der Waals surface area contributed by atoms with E-state index >= 15 is 0 Å². The van der Waals surface area contributed by atoms with Crippen LogP contribution in [0, 0.1) is 0 Å². The molecule has 72 valence electrons. The second-order valence-corrected chi connectivity index (χ2v) is 7.19. The van der Waals surface area contributed by atoms with Crippen LogP contribution in [0.25, 0.3) is 0 Å². The number of hydrogen-bond acceptors (Lipinski definition) is 2. The Hall–Kier alpha value is 0.650. The number of allylic oxidation sites excluding steroid dienone is 1. The molecular weight excluding hydrogens is 308 g/mol. The number of rotatable bonds is 6. The first-order chi connectivity index (χ1) is 5.52. The van der Waals surface area contributed by atoms with E-state index in [2.05, 4.69) is 38.4 Å². The smallest absolute Gasteiger partial charge is 0.161 e. The number of alkyl halides is 2. The van der Waals surface area contributed by atoms with Crippen molar-refractivity contribution in [1.29, 1.82) is 0 Å². The van der Waals surface area contributed by atoms with E-state index in [0.29, 0.717) is 0 Å². The average Bonchev–Trinajstić information content (AvgIpc) is 2.00. The average molecular weight is 320 g/mol. The fraction of sp³-hybridized carbons (Fsp3) is 0.714. The van der Waals surface area contributed by atoms with Crippen LogP contribution in [0.1, 0.15) is 12.8 Å². The van der Waals surface area contributed by atoms with Crippen molar-refractivity contribution in [3.63, 3.8) is 0 Å². The molecule has 0 rings (SSSR count). The van der Waals surface area contributed by atoms with Crippen LogP contribution in [-0.4, -0.2) is 23.7 Å². The first-order valence-corrected chi connectivity index (χ1v) is 7.39. The van der Waals surface area contributed by atoms with Gasteiger partial charge in [0.2, 0.25) is 0 Å². The van der Waals surface area contributed by atoms with Crippen LogP contribution >= 0.6 is 31.9 Å². The zero-order valence-corrected chi connectivity index (χ0v) is 10.7. The van der Waals surface area contributed by atoms with Crippen LogP contribution in [0.2, 0.25) is 0 Å². The molecule has 0 aromatic heterocycles. The molecule has 0 amide bonds. The van der Waals surface area contributed by atoms with Crippen molar-refractivity contribution in [1.82, 2.24) is 0 Å². The van der Waals surface area contributed by atoms with Gasteiger partial charge in [-0.25, -0.2) is 8.42 Å². The lowest BCUT2D eigenvalue weighted by Gasteiger charge is -2.06. The van der Waals surface area contributed by atoms with Crippen LogP contribution in [0.15, 0.2) is 12.7 Å². The molecule has 0 bridgehead atoms. The summed E-state index contributed by atoms with van der Waals surface area (Å²) in [6.45, 7) is 3.57. The summed E-state index contributed by atoms with van der Waals surface area (Å²) < 4.78 is 22.2. The molecule has 0 saturated heterocycles. The quantitative estimate of drug-likeness (QED) is 0.557. The molecule has 0 heterocycles. The summed E-state index contributed by atoms with van der Waals surface area (Å²) in [6, 6.07) is 0. The van der Waals surface area contributed by atoms with E-state index in [9.17, 15) is 8.42 Å². The highest BCUT2D eigenvalue weighted by Gasteiger charge is 2.14. The molecule has 0 spiro atoms. The van der Waals surface area contributed by atoms with Gasteiger partial charge in [0.25, 0.3) is 0 Å². The molecule has 0 aliphatic carbocycles. The largest absolute Gasteiger partial charge is 0.228 e. The van der Waals surface area contributed by atoms with Gasteiger partial charge in [0.05, 0.1) is 5.75 Å². The third-order valence-corrected chi connectivity index (χ3v) is 5.83. The van der Waals surface area contributed by atoms with Gasteiger partial charge >= 0.3 is 0 Å². The van der Waals surface area contributed by atoms with Crippen molar-refractivity contribution in [2.75, 3.05) is 10.4 Å². The third kappa shape index (κ3) is 6.20. The Bertz CT molecular complexity index is 224. The van der Waals surface area contributed by atoms with Gasteiger partial charge in [0, 0.05) is 4.83 Å². The van der Waals surface area contributed by atoms with E-state index in [1.54, 1.807) is 6.08 Å². The Kier molecular flexibility index (Phi) is 6.49. The molecule has 0 aromatic carbocycles. The summed E-state index contributed by atoms with van der Waals surface area (Å²) in [4.78, 5) is 0.0399. The molecule has 0 radical (unpaired) electrons. The molecule has 0 saturated carbocycles. The molecule has 0 N–H and O–H groups in total. The molecule has 0 aromatic rings. The summed E-state index contributed by atoms with van der Waals surface area (Å²) >= 11 is 6.25. The van der Waals surface area contributed by atoms with E-state index in [0.717, 1.165) is 12.8 Å². The van der Waals surface area contributed by atoms with Gasteiger partial charge in [-0.2, -0.15) is 0 Å². The Morgan fingerprint density at radius 2 is 2.08 bits per heavy atom. The summed E-state index contributed by atoms with van der Waals surface area (Å²) in [5.74, 6) is 0.187. The minimum Gasteiger partial charge on any atom is -0.228 e. The molecule has 5 heteroatoms. The SMILES string of the molecule is C=CCCC(Br)CS(=O)(=O)CBr. The predicted octanol–water partition coefficient (Wildman–Crippen LogP) is 2.48. The Morgan fingerprint density at radius 3 is 2.50 bits per heavy atom. The van der Waals surface area contributed by atoms with Crippen molar-refractivity contribution in [2.24, 2.45) is 0 Å². The molecule has 0 fully saturated rings. The summed E-state index contributed by atoms with van der Waals surface area (Å²) in [6.07, 6.45) is 3.44. The van der Waals surface area contributed by atoms with Crippen LogP contribution < -0.4 is 0 Å². The maximum absolute atomic E-state index is 11.1. The maximum Gasteiger partial charge on any atom is 0.161 e. The highest BCUT2D eigenvalue weighted by atomic mass is 79.9. The number of halogens is 2. The Balaban J connectivity index is 3.83. The molecule has 2 nitrogen and oxygen atoms in total. The second kappa shape index (κ2) is 6.16. The van der Waals surface area contributed by atoms with Crippen LogP contribution in [-0.2, 0) is 9.84 Å². The maximum atomic E-state index is 11.1.